The van der Waals surface area contributed by atoms with Crippen molar-refractivity contribution in [3.8, 4) is 5.75 Å². The Morgan fingerprint density at radius 1 is 0.971 bits per heavy atom. The number of nitrogens with one attached hydrogen (secondary N) is 1. The van der Waals surface area contributed by atoms with Gasteiger partial charge in [-0.25, -0.2) is 4.98 Å². The van der Waals surface area contributed by atoms with Crippen LogP contribution >= 0.6 is 0 Å². The molecule has 1 N–H and O–H groups in total. The third-order valence-corrected chi connectivity index (χ3v) is 5.90. The van der Waals surface area contributed by atoms with Gasteiger partial charge in [-0.1, -0.05) is 30.3 Å². The number of rotatable bonds is 8. The fourth-order valence-corrected chi connectivity index (χ4v) is 3.98. The minimum absolute atomic E-state index is 0.107. The summed E-state index contributed by atoms with van der Waals surface area (Å²) in [6, 6.07) is 21.5. The summed E-state index contributed by atoms with van der Waals surface area (Å²) in [6.07, 6.45) is 3.91. The van der Waals surface area contributed by atoms with Gasteiger partial charge in [-0.05, 0) is 47.5 Å². The number of hydrogen-bond acceptors (Lipinski definition) is 5. The molecule has 0 unspecified atom stereocenters. The number of benzene rings is 2. The summed E-state index contributed by atoms with van der Waals surface area (Å²) >= 11 is 0. The fraction of sp³-hybridized carbons (Fsp3) is 0.259. The minimum Gasteiger partial charge on any atom is -0.487 e. The number of amides is 1. The molecule has 4 aromatic rings. The predicted octanol–water partition coefficient (Wildman–Crippen LogP) is 3.68. The quantitative estimate of drug-likeness (QED) is 0.438. The van der Waals surface area contributed by atoms with Gasteiger partial charge in [0.2, 0.25) is 0 Å². The summed E-state index contributed by atoms with van der Waals surface area (Å²) < 4.78 is 13.2. The van der Waals surface area contributed by atoms with E-state index in [4.69, 9.17) is 9.47 Å². The van der Waals surface area contributed by atoms with E-state index in [9.17, 15) is 4.79 Å². The van der Waals surface area contributed by atoms with E-state index in [1.54, 1.807) is 12.1 Å². The van der Waals surface area contributed by atoms with Gasteiger partial charge in [0.25, 0.3) is 5.91 Å². The van der Waals surface area contributed by atoms with Crippen LogP contribution in [-0.2, 0) is 24.4 Å². The highest BCUT2D eigenvalue weighted by atomic mass is 16.5. The van der Waals surface area contributed by atoms with Crippen LogP contribution in [0, 0.1) is 0 Å². The van der Waals surface area contributed by atoms with Crippen molar-refractivity contribution in [3.05, 3.63) is 102 Å². The largest absolute Gasteiger partial charge is 0.487 e. The van der Waals surface area contributed by atoms with Gasteiger partial charge < -0.3 is 19.2 Å². The maximum absolute atomic E-state index is 12.6. The minimum atomic E-state index is -0.107. The molecule has 1 fully saturated rings. The van der Waals surface area contributed by atoms with Crippen molar-refractivity contribution in [1.29, 1.82) is 0 Å². The van der Waals surface area contributed by atoms with Crippen molar-refractivity contribution in [3.63, 3.8) is 0 Å². The molecule has 7 nitrogen and oxygen atoms in total. The van der Waals surface area contributed by atoms with Gasteiger partial charge in [-0.2, -0.15) is 0 Å². The molecule has 0 radical (unpaired) electrons. The number of carbonyl (C=O) groups is 1. The highest BCUT2D eigenvalue weighted by Crippen LogP contribution is 2.15. The molecular formula is C27H28N4O3. The van der Waals surface area contributed by atoms with E-state index < -0.39 is 0 Å². The number of pyridine rings is 1. The molecule has 0 atom stereocenters. The van der Waals surface area contributed by atoms with Crippen LogP contribution in [0.1, 0.15) is 27.2 Å². The average molecular weight is 457 g/mol. The van der Waals surface area contributed by atoms with Crippen molar-refractivity contribution < 1.29 is 14.3 Å². The first-order chi connectivity index (χ1) is 16.7. The van der Waals surface area contributed by atoms with Crippen LogP contribution in [0.4, 0.5) is 0 Å². The molecule has 0 spiro atoms. The lowest BCUT2D eigenvalue weighted by Crippen LogP contribution is -2.35. The summed E-state index contributed by atoms with van der Waals surface area (Å²) in [5.74, 6) is 0.591. The molecular weight excluding hydrogens is 428 g/mol. The lowest BCUT2D eigenvalue weighted by atomic mass is 10.1. The maximum atomic E-state index is 12.6. The van der Waals surface area contributed by atoms with E-state index in [2.05, 4.69) is 39.5 Å². The number of fused-ring (bicyclic) bond motifs is 1. The van der Waals surface area contributed by atoms with Crippen LogP contribution < -0.4 is 10.1 Å². The topological polar surface area (TPSA) is 68.1 Å². The van der Waals surface area contributed by atoms with Gasteiger partial charge in [0.15, 0.2) is 0 Å². The highest BCUT2D eigenvalue weighted by Gasteiger charge is 2.11. The summed E-state index contributed by atoms with van der Waals surface area (Å²) in [6.45, 7) is 5.35. The van der Waals surface area contributed by atoms with Crippen LogP contribution in [0.2, 0.25) is 0 Å². The van der Waals surface area contributed by atoms with Crippen LogP contribution in [0.25, 0.3) is 5.65 Å². The molecule has 2 aromatic heterocycles. The Labute approximate surface area is 198 Å². The van der Waals surface area contributed by atoms with Crippen LogP contribution in [0.5, 0.6) is 5.75 Å². The fourth-order valence-electron chi connectivity index (χ4n) is 3.98. The SMILES string of the molecule is O=C(NCc1ccc(CN2CCOCC2)cc1)c1ccc(OCc2cn3ccccc3n2)cc1. The molecule has 5 rings (SSSR count). The molecule has 34 heavy (non-hydrogen) atoms. The maximum Gasteiger partial charge on any atom is 0.251 e. The van der Waals surface area contributed by atoms with E-state index in [-0.39, 0.29) is 5.91 Å². The van der Waals surface area contributed by atoms with Crippen molar-refractivity contribution >= 4 is 11.6 Å². The number of carbonyl (C=O) groups excluding carboxylic acids is 1. The zero-order valence-electron chi connectivity index (χ0n) is 19.0. The van der Waals surface area contributed by atoms with Crippen molar-refractivity contribution in [2.24, 2.45) is 0 Å². The monoisotopic (exact) mass is 456 g/mol. The number of morpholine rings is 1. The Morgan fingerprint density at radius 3 is 2.50 bits per heavy atom. The van der Waals surface area contributed by atoms with E-state index in [1.807, 2.05) is 47.1 Å². The third kappa shape index (κ3) is 5.62. The lowest BCUT2D eigenvalue weighted by Gasteiger charge is -2.26. The van der Waals surface area contributed by atoms with Gasteiger partial charge in [0.1, 0.15) is 18.0 Å². The predicted molar refractivity (Wildman–Crippen MR) is 130 cm³/mol. The number of hydrogen-bond donors (Lipinski definition) is 1. The molecule has 1 saturated heterocycles. The molecule has 7 heteroatoms. The van der Waals surface area contributed by atoms with E-state index in [1.165, 1.54) is 5.56 Å². The Kier molecular flexibility index (Phi) is 6.84. The Bertz CT molecular complexity index is 1200. The molecule has 1 amide bonds. The first-order valence-electron chi connectivity index (χ1n) is 11.5. The van der Waals surface area contributed by atoms with Crippen molar-refractivity contribution in [1.82, 2.24) is 19.6 Å². The summed E-state index contributed by atoms with van der Waals surface area (Å²) in [5, 5.41) is 2.99. The second-order valence-corrected chi connectivity index (χ2v) is 8.40. The number of ether oxygens (including phenoxy) is 2. The third-order valence-electron chi connectivity index (χ3n) is 5.90. The first-order valence-corrected chi connectivity index (χ1v) is 11.5. The summed E-state index contributed by atoms with van der Waals surface area (Å²) in [4.78, 5) is 19.5. The lowest BCUT2D eigenvalue weighted by molar-refractivity contribution is 0.0342. The number of imidazole rings is 1. The van der Waals surface area contributed by atoms with Crippen LogP contribution in [0.15, 0.2) is 79.1 Å². The van der Waals surface area contributed by atoms with Crippen LogP contribution in [0.3, 0.4) is 0 Å². The van der Waals surface area contributed by atoms with Crippen molar-refractivity contribution in [2.45, 2.75) is 19.7 Å². The van der Waals surface area contributed by atoms with E-state index >= 15 is 0 Å². The standard InChI is InChI=1S/C27H28N4O3/c32-27(28-17-21-4-6-22(7-5-21)18-30-13-15-33-16-14-30)23-8-10-25(11-9-23)34-20-24-19-31-12-2-1-3-26(31)29-24/h1-12,19H,13-18,20H2,(H,28,32). The zero-order chi connectivity index (χ0) is 23.2. The first kappa shape index (κ1) is 22.1. The Morgan fingerprint density at radius 2 is 1.74 bits per heavy atom. The molecule has 1 aliphatic rings. The normalized spacial score (nSPS) is 14.2. The smallest absolute Gasteiger partial charge is 0.251 e. The molecule has 0 saturated carbocycles. The molecule has 174 valence electrons. The van der Waals surface area contributed by atoms with Gasteiger partial charge in [0, 0.05) is 44.1 Å². The second kappa shape index (κ2) is 10.5. The molecule has 2 aromatic carbocycles. The molecule has 1 aliphatic heterocycles. The van der Waals surface area contributed by atoms with Gasteiger partial charge in [-0.3, -0.25) is 9.69 Å². The Hall–Kier alpha value is -3.68. The van der Waals surface area contributed by atoms with Gasteiger partial charge in [-0.15, -0.1) is 0 Å². The summed E-state index contributed by atoms with van der Waals surface area (Å²) in [5.41, 5.74) is 4.69. The van der Waals surface area contributed by atoms with Crippen LogP contribution in [-0.4, -0.2) is 46.5 Å². The molecule has 3 heterocycles. The molecule has 0 aliphatic carbocycles. The number of nitrogens with zero attached hydrogens (tertiary/aromatic N) is 3. The van der Waals surface area contributed by atoms with E-state index in [0.29, 0.717) is 24.5 Å². The Balaban J connectivity index is 1.09. The zero-order valence-corrected chi connectivity index (χ0v) is 19.0. The average Bonchev–Trinajstić information content (AvgIpc) is 3.31. The second-order valence-electron chi connectivity index (χ2n) is 8.40. The summed E-state index contributed by atoms with van der Waals surface area (Å²) in [7, 11) is 0. The number of aromatic nitrogens is 2. The van der Waals surface area contributed by atoms with E-state index in [0.717, 1.165) is 49.8 Å². The van der Waals surface area contributed by atoms with Gasteiger partial charge in [0.05, 0.1) is 18.9 Å². The van der Waals surface area contributed by atoms with Crippen molar-refractivity contribution in [2.75, 3.05) is 26.3 Å². The molecule has 0 bridgehead atoms. The van der Waals surface area contributed by atoms with Gasteiger partial charge >= 0.3 is 0 Å². The highest BCUT2D eigenvalue weighted by molar-refractivity contribution is 5.94.